The third-order valence-electron chi connectivity index (χ3n) is 5.02. The zero-order valence-electron chi connectivity index (χ0n) is 18.6. The quantitative estimate of drug-likeness (QED) is 0.148. The van der Waals surface area contributed by atoms with Gasteiger partial charge in [-0.1, -0.05) is 41.9 Å². The van der Waals surface area contributed by atoms with Crippen LogP contribution >= 0.6 is 11.6 Å². The summed E-state index contributed by atoms with van der Waals surface area (Å²) in [6.07, 6.45) is 1.32. The maximum atomic E-state index is 12.8. The third kappa shape index (κ3) is 5.79. The maximum absolute atomic E-state index is 12.8. The van der Waals surface area contributed by atoms with E-state index in [0.717, 1.165) is 10.8 Å². The van der Waals surface area contributed by atoms with Crippen LogP contribution in [0, 0.1) is 0 Å². The SMILES string of the molecule is CCOc1ccc(C(=O)Oc2ccc3ccccc3c2/C=N/NS(=O)(=O)c2ccc(Cl)cc2)cc1. The molecule has 0 bridgehead atoms. The van der Waals surface area contributed by atoms with Gasteiger partial charge in [0.1, 0.15) is 11.5 Å². The van der Waals surface area contributed by atoms with Crippen molar-refractivity contribution in [1.29, 1.82) is 0 Å². The normalized spacial score (nSPS) is 11.5. The lowest BCUT2D eigenvalue weighted by atomic mass is 10.0. The Morgan fingerprint density at radius 3 is 2.40 bits per heavy atom. The monoisotopic (exact) mass is 508 g/mol. The lowest BCUT2D eigenvalue weighted by Gasteiger charge is -2.11. The van der Waals surface area contributed by atoms with E-state index >= 15 is 0 Å². The highest BCUT2D eigenvalue weighted by molar-refractivity contribution is 7.89. The molecule has 1 N–H and O–H groups in total. The summed E-state index contributed by atoms with van der Waals surface area (Å²) in [7, 11) is -3.91. The summed E-state index contributed by atoms with van der Waals surface area (Å²) < 4.78 is 36.2. The predicted molar refractivity (Wildman–Crippen MR) is 136 cm³/mol. The molecule has 0 spiro atoms. The summed E-state index contributed by atoms with van der Waals surface area (Å²) in [4.78, 5) is 15.0. The summed E-state index contributed by atoms with van der Waals surface area (Å²) in [6, 6.07) is 23.2. The number of hydrazone groups is 1. The molecule has 4 aromatic rings. The van der Waals surface area contributed by atoms with E-state index in [1.807, 2.05) is 37.3 Å². The van der Waals surface area contributed by atoms with Gasteiger partial charge in [0.25, 0.3) is 10.0 Å². The number of nitrogens with one attached hydrogen (secondary N) is 1. The van der Waals surface area contributed by atoms with Crippen molar-refractivity contribution in [1.82, 2.24) is 4.83 Å². The first-order valence-corrected chi connectivity index (χ1v) is 12.5. The molecule has 0 heterocycles. The second kappa shape index (κ2) is 10.6. The van der Waals surface area contributed by atoms with Crippen LogP contribution in [0.2, 0.25) is 5.02 Å². The summed E-state index contributed by atoms with van der Waals surface area (Å²) in [6.45, 7) is 2.39. The minimum atomic E-state index is -3.91. The molecule has 4 rings (SSSR count). The van der Waals surface area contributed by atoms with Gasteiger partial charge in [-0.05, 0) is 72.3 Å². The van der Waals surface area contributed by atoms with Crippen molar-refractivity contribution in [2.75, 3.05) is 6.61 Å². The highest BCUT2D eigenvalue weighted by Crippen LogP contribution is 2.28. The van der Waals surface area contributed by atoms with Crippen LogP contribution < -0.4 is 14.3 Å². The summed E-state index contributed by atoms with van der Waals surface area (Å²) in [5, 5.41) is 5.96. The molecule has 0 aliphatic rings. The second-order valence-corrected chi connectivity index (χ2v) is 9.45. The first-order chi connectivity index (χ1) is 16.9. The fraction of sp³-hybridized carbons (Fsp3) is 0.0769. The Morgan fingerprint density at radius 1 is 0.971 bits per heavy atom. The number of rotatable bonds is 8. The van der Waals surface area contributed by atoms with Gasteiger partial charge < -0.3 is 9.47 Å². The molecule has 7 nitrogen and oxygen atoms in total. The van der Waals surface area contributed by atoms with Gasteiger partial charge in [-0.25, -0.2) is 9.63 Å². The van der Waals surface area contributed by atoms with Crippen molar-refractivity contribution in [3.05, 3.63) is 101 Å². The maximum Gasteiger partial charge on any atom is 0.343 e. The van der Waals surface area contributed by atoms with Gasteiger partial charge >= 0.3 is 5.97 Å². The van der Waals surface area contributed by atoms with Crippen LogP contribution in [0.4, 0.5) is 0 Å². The Kier molecular flexibility index (Phi) is 7.33. The number of esters is 1. The number of carbonyl (C=O) groups excluding carboxylic acids is 1. The van der Waals surface area contributed by atoms with Gasteiger partial charge in [-0.15, -0.1) is 0 Å². The summed E-state index contributed by atoms with van der Waals surface area (Å²) in [5.74, 6) is 0.312. The van der Waals surface area contributed by atoms with Gasteiger partial charge in [0.2, 0.25) is 0 Å². The number of hydrogen-bond donors (Lipinski definition) is 1. The smallest absolute Gasteiger partial charge is 0.343 e. The van der Waals surface area contributed by atoms with E-state index in [0.29, 0.717) is 28.5 Å². The van der Waals surface area contributed by atoms with Crippen molar-refractivity contribution in [2.45, 2.75) is 11.8 Å². The number of nitrogens with zero attached hydrogens (tertiary/aromatic N) is 1. The minimum Gasteiger partial charge on any atom is -0.494 e. The number of hydrogen-bond acceptors (Lipinski definition) is 6. The van der Waals surface area contributed by atoms with E-state index in [4.69, 9.17) is 21.1 Å². The Bertz CT molecular complexity index is 1480. The Balaban J connectivity index is 1.62. The van der Waals surface area contributed by atoms with Crippen LogP contribution in [-0.4, -0.2) is 27.2 Å². The molecule has 0 atom stereocenters. The van der Waals surface area contributed by atoms with Gasteiger partial charge in [0, 0.05) is 10.6 Å². The molecule has 9 heteroatoms. The van der Waals surface area contributed by atoms with E-state index in [1.54, 1.807) is 30.3 Å². The van der Waals surface area contributed by atoms with Crippen molar-refractivity contribution in [2.24, 2.45) is 5.10 Å². The zero-order valence-corrected chi connectivity index (χ0v) is 20.2. The van der Waals surface area contributed by atoms with Crippen LogP contribution in [0.5, 0.6) is 11.5 Å². The average Bonchev–Trinajstić information content (AvgIpc) is 2.86. The Morgan fingerprint density at radius 2 is 1.69 bits per heavy atom. The van der Waals surface area contributed by atoms with E-state index in [9.17, 15) is 13.2 Å². The Labute approximate surface area is 208 Å². The topological polar surface area (TPSA) is 94.1 Å². The highest BCUT2D eigenvalue weighted by atomic mass is 35.5. The molecule has 0 fully saturated rings. The predicted octanol–water partition coefficient (Wildman–Crippen LogP) is 5.42. The van der Waals surface area contributed by atoms with Gasteiger partial charge in [0.15, 0.2) is 0 Å². The first kappa shape index (κ1) is 24.3. The largest absolute Gasteiger partial charge is 0.494 e. The lowest BCUT2D eigenvalue weighted by molar-refractivity contribution is 0.0734. The molecule has 0 radical (unpaired) electrons. The van der Waals surface area contributed by atoms with Crippen molar-refractivity contribution in [3.63, 3.8) is 0 Å². The molecule has 0 aliphatic heterocycles. The highest BCUT2D eigenvalue weighted by Gasteiger charge is 2.15. The molecule has 4 aromatic carbocycles. The molecule has 35 heavy (non-hydrogen) atoms. The van der Waals surface area contributed by atoms with Crippen molar-refractivity contribution >= 4 is 44.6 Å². The van der Waals surface area contributed by atoms with Crippen molar-refractivity contribution < 1.29 is 22.7 Å². The molecule has 0 aromatic heterocycles. The molecular formula is C26H21ClN2O5S. The molecule has 0 amide bonds. The van der Waals surface area contributed by atoms with E-state index in [1.165, 1.54) is 30.5 Å². The average molecular weight is 509 g/mol. The molecule has 0 aliphatic carbocycles. The first-order valence-electron chi connectivity index (χ1n) is 10.6. The number of halogens is 1. The van der Waals surface area contributed by atoms with Gasteiger partial charge in [0.05, 0.1) is 23.3 Å². The van der Waals surface area contributed by atoms with Crippen LogP contribution in [0.25, 0.3) is 10.8 Å². The molecule has 0 saturated carbocycles. The number of ether oxygens (including phenoxy) is 2. The second-order valence-electron chi connectivity index (χ2n) is 7.35. The standard InChI is InChI=1S/C26H21ClN2O5S/c1-2-33-21-12-7-19(8-13-21)26(30)34-25-16-9-18-5-3-4-6-23(18)24(25)17-28-29-35(31,32)22-14-10-20(27)11-15-22/h3-17,29H,2H2,1H3/b28-17+. The molecule has 178 valence electrons. The fourth-order valence-electron chi connectivity index (χ4n) is 3.34. The van der Waals surface area contributed by atoms with Crippen LogP contribution in [0.15, 0.2) is 94.9 Å². The zero-order chi connectivity index (χ0) is 24.8. The number of benzene rings is 4. The van der Waals surface area contributed by atoms with E-state index in [2.05, 4.69) is 9.93 Å². The van der Waals surface area contributed by atoms with Gasteiger partial charge in [-0.2, -0.15) is 13.5 Å². The Hall–Kier alpha value is -3.88. The van der Waals surface area contributed by atoms with Crippen LogP contribution in [0.3, 0.4) is 0 Å². The lowest BCUT2D eigenvalue weighted by Crippen LogP contribution is -2.18. The van der Waals surface area contributed by atoms with E-state index in [-0.39, 0.29) is 10.6 Å². The summed E-state index contributed by atoms with van der Waals surface area (Å²) in [5.41, 5.74) is 0.786. The van der Waals surface area contributed by atoms with Crippen molar-refractivity contribution in [3.8, 4) is 11.5 Å². The fourth-order valence-corrected chi connectivity index (χ4v) is 4.25. The van der Waals surface area contributed by atoms with E-state index < -0.39 is 16.0 Å². The number of fused-ring (bicyclic) bond motifs is 1. The molecule has 0 saturated heterocycles. The van der Waals surface area contributed by atoms with Gasteiger partial charge in [-0.3, -0.25) is 0 Å². The molecular weight excluding hydrogens is 488 g/mol. The number of carbonyl (C=O) groups is 1. The van der Waals surface area contributed by atoms with Crippen LogP contribution in [0.1, 0.15) is 22.8 Å². The molecule has 0 unspecified atom stereocenters. The third-order valence-corrected chi connectivity index (χ3v) is 6.52. The van der Waals surface area contributed by atoms with Crippen LogP contribution in [-0.2, 0) is 10.0 Å². The minimum absolute atomic E-state index is 0.0131. The number of sulfonamides is 1. The summed E-state index contributed by atoms with van der Waals surface area (Å²) >= 11 is 5.83.